The van der Waals surface area contributed by atoms with E-state index in [0.29, 0.717) is 12.1 Å². The Morgan fingerprint density at radius 3 is 2.30 bits per heavy atom. The van der Waals surface area contributed by atoms with E-state index >= 15 is 0 Å². The van der Waals surface area contributed by atoms with Crippen LogP contribution in [-0.2, 0) is 25.2 Å². The van der Waals surface area contributed by atoms with Crippen LogP contribution in [0.1, 0.15) is 70.8 Å². The van der Waals surface area contributed by atoms with Crippen molar-refractivity contribution in [1.29, 1.82) is 0 Å². The summed E-state index contributed by atoms with van der Waals surface area (Å²) in [5, 5.41) is 2.84. The summed E-state index contributed by atoms with van der Waals surface area (Å²) in [6.45, 7) is 14.0. The molecule has 181 valence electrons. The largest absolute Gasteiger partial charge is 0.428 e. The van der Waals surface area contributed by atoms with Crippen LogP contribution in [0.4, 0.5) is 5.69 Å². The number of benzene rings is 1. The molecule has 0 spiro atoms. The second-order valence-electron chi connectivity index (χ2n) is 8.68. The van der Waals surface area contributed by atoms with Crippen LogP contribution in [-0.4, -0.2) is 32.9 Å². The third kappa shape index (κ3) is 6.87. The van der Waals surface area contributed by atoms with E-state index in [1.807, 2.05) is 60.6 Å². The number of nitrogens with zero attached hydrogens (tertiary/aromatic N) is 2. The molecule has 1 N–H and O–H groups in total. The monoisotopic (exact) mass is 474 g/mol. The van der Waals surface area contributed by atoms with E-state index in [1.165, 1.54) is 24.9 Å². The Morgan fingerprint density at radius 1 is 1.15 bits per heavy atom. The van der Waals surface area contributed by atoms with E-state index in [4.69, 9.17) is 4.65 Å². The predicted molar refractivity (Wildman–Crippen MR) is 140 cm³/mol. The Labute approximate surface area is 203 Å². The highest BCUT2D eigenvalue weighted by molar-refractivity contribution is 7.81. The molecule has 0 aliphatic heterocycles. The van der Waals surface area contributed by atoms with Crippen LogP contribution >= 0.6 is 12.6 Å². The van der Waals surface area contributed by atoms with Crippen molar-refractivity contribution in [2.75, 3.05) is 5.32 Å². The number of hydrogen-bond donors (Lipinski definition) is 2. The fraction of sp³-hybridized carbons (Fsp3) is 0.542. The summed E-state index contributed by atoms with van der Waals surface area (Å²) in [5.74, 6) is -0.566. The second kappa shape index (κ2) is 11.7. The molecule has 33 heavy (non-hydrogen) atoms. The number of anilines is 1. The molecule has 7 nitrogen and oxygen atoms in total. The minimum atomic E-state index is -0.638. The number of thiol groups is 1. The molecule has 0 unspecified atom stereocenters. The van der Waals surface area contributed by atoms with Crippen molar-refractivity contribution in [3.05, 3.63) is 56.4 Å². The van der Waals surface area contributed by atoms with Crippen LogP contribution in [0.25, 0.3) is 0 Å². The van der Waals surface area contributed by atoms with Crippen LogP contribution < -0.4 is 22.0 Å². The normalized spacial score (nSPS) is 11.5. The van der Waals surface area contributed by atoms with Gasteiger partial charge in [-0.1, -0.05) is 39.3 Å². The summed E-state index contributed by atoms with van der Waals surface area (Å²) in [6.07, 6.45) is 2.83. The van der Waals surface area contributed by atoms with Gasteiger partial charge in [-0.15, -0.1) is 0 Å². The van der Waals surface area contributed by atoms with Crippen molar-refractivity contribution in [3.8, 4) is 0 Å². The molecule has 1 aromatic heterocycles. The summed E-state index contributed by atoms with van der Waals surface area (Å²) < 4.78 is 7.83. The average molecular weight is 474 g/mol. The number of hydrogen-bond acceptors (Lipinski definition) is 5. The lowest BCUT2D eigenvalue weighted by molar-refractivity contribution is 0.0854. The lowest BCUT2D eigenvalue weighted by atomic mass is 9.79. The van der Waals surface area contributed by atoms with Crippen LogP contribution in [0.2, 0.25) is 0 Å². The fourth-order valence-electron chi connectivity index (χ4n) is 2.87. The molecular weight excluding hydrogens is 437 g/mol. The van der Waals surface area contributed by atoms with E-state index < -0.39 is 22.8 Å². The zero-order valence-corrected chi connectivity index (χ0v) is 22.2. The van der Waals surface area contributed by atoms with Gasteiger partial charge in [0.25, 0.3) is 11.5 Å². The molecule has 0 saturated carbocycles. The van der Waals surface area contributed by atoms with Gasteiger partial charge in [0.1, 0.15) is 5.56 Å². The van der Waals surface area contributed by atoms with Crippen LogP contribution in [0.3, 0.4) is 0 Å². The summed E-state index contributed by atoms with van der Waals surface area (Å²) in [7, 11) is 4.55. The van der Waals surface area contributed by atoms with Gasteiger partial charge in [0.05, 0.1) is 5.60 Å². The van der Waals surface area contributed by atoms with Crippen LogP contribution in [0, 0.1) is 0 Å². The molecule has 0 fully saturated rings. The molecule has 0 atom stereocenters. The van der Waals surface area contributed by atoms with E-state index in [1.54, 1.807) is 13.5 Å². The molecule has 0 aliphatic rings. The molecule has 1 heterocycles. The highest BCUT2D eigenvalue weighted by atomic mass is 32.1. The number of rotatable bonds is 8. The molecule has 1 radical (unpaired) electrons. The van der Waals surface area contributed by atoms with E-state index in [2.05, 4.69) is 17.9 Å². The first-order valence-electron chi connectivity index (χ1n) is 11.2. The Kier molecular flexibility index (Phi) is 10.2. The van der Waals surface area contributed by atoms with Crippen LogP contribution in [0.15, 0.2) is 34.0 Å². The van der Waals surface area contributed by atoms with Crippen molar-refractivity contribution < 1.29 is 9.45 Å². The van der Waals surface area contributed by atoms with Gasteiger partial charge in [0.2, 0.25) is 0 Å². The highest BCUT2D eigenvalue weighted by Crippen LogP contribution is 2.30. The Hall–Kier alpha value is -2.26. The van der Waals surface area contributed by atoms with Crippen molar-refractivity contribution in [1.82, 2.24) is 9.13 Å². The van der Waals surface area contributed by atoms with Crippen LogP contribution in [0.5, 0.6) is 0 Å². The molecule has 0 aliphatic carbocycles. The number of aryl methyl sites for hydroxylation is 1. The van der Waals surface area contributed by atoms with Gasteiger partial charge in [-0.2, -0.15) is 12.6 Å². The van der Waals surface area contributed by atoms with Gasteiger partial charge in [0, 0.05) is 30.7 Å². The minimum absolute atomic E-state index is 0.101. The number of carbonyl (C=O) groups is 1. The molecule has 0 bridgehead atoms. The Balaban J connectivity index is 0.00000265. The summed E-state index contributed by atoms with van der Waals surface area (Å²) >= 11 is 4.63. The zero-order chi connectivity index (χ0) is 25.6. The highest BCUT2D eigenvalue weighted by Gasteiger charge is 2.34. The van der Waals surface area contributed by atoms with Gasteiger partial charge in [-0.3, -0.25) is 14.2 Å². The van der Waals surface area contributed by atoms with Gasteiger partial charge >= 0.3 is 13.2 Å². The van der Waals surface area contributed by atoms with Crippen molar-refractivity contribution in [3.63, 3.8) is 0 Å². The number of aromatic nitrogens is 2. The van der Waals surface area contributed by atoms with Gasteiger partial charge in [-0.25, -0.2) is 4.79 Å². The topological polar surface area (TPSA) is 82.3 Å². The lowest BCUT2D eigenvalue weighted by Crippen LogP contribution is -2.46. The minimum Gasteiger partial charge on any atom is -0.428 e. The van der Waals surface area contributed by atoms with E-state index in [0.717, 1.165) is 22.0 Å². The maximum Gasteiger partial charge on any atom is 0.331 e. The maximum atomic E-state index is 12.9. The Morgan fingerprint density at radius 2 is 1.76 bits per heavy atom. The van der Waals surface area contributed by atoms with Gasteiger partial charge < -0.3 is 14.5 Å². The van der Waals surface area contributed by atoms with E-state index in [-0.39, 0.29) is 10.3 Å². The summed E-state index contributed by atoms with van der Waals surface area (Å²) in [6, 6.07) is 5.54. The summed E-state index contributed by atoms with van der Waals surface area (Å²) in [5.41, 5.74) is 0.600. The smallest absolute Gasteiger partial charge is 0.331 e. The number of amides is 1. The lowest BCUT2D eigenvalue weighted by Gasteiger charge is -2.38. The molecular formula is C24H37BN3O4S. The van der Waals surface area contributed by atoms with Gasteiger partial charge in [-0.05, 0) is 51.2 Å². The standard InChI is InChI=1S/C22H31BN3O4S.C2H6/c1-8-10-14-16(23-30-21(2,3)22(4,5)31)11-9-12-17(14)24-18(27)15-13-25(6)20(29)26(7)19(15)28;1-2/h9,11-13,31H,8,10H2,1-7H3,(H,24,27);1-2H3. The molecule has 2 aromatic rings. The Bertz CT molecular complexity index is 1080. The van der Waals surface area contributed by atoms with Gasteiger partial charge in [0.15, 0.2) is 0 Å². The predicted octanol–water partition coefficient (Wildman–Crippen LogP) is 3.06. The fourth-order valence-corrected chi connectivity index (χ4v) is 2.92. The van der Waals surface area contributed by atoms with Crippen molar-refractivity contribution in [2.24, 2.45) is 14.1 Å². The maximum absolute atomic E-state index is 12.9. The quantitative estimate of drug-likeness (QED) is 0.455. The molecule has 1 amide bonds. The average Bonchev–Trinajstić information content (AvgIpc) is 2.75. The third-order valence-corrected chi connectivity index (χ3v) is 6.14. The first kappa shape index (κ1) is 28.8. The third-order valence-electron chi connectivity index (χ3n) is 5.61. The summed E-state index contributed by atoms with van der Waals surface area (Å²) in [4.78, 5) is 37.2. The molecule has 0 saturated heterocycles. The van der Waals surface area contributed by atoms with Crippen molar-refractivity contribution in [2.45, 2.75) is 71.7 Å². The zero-order valence-electron chi connectivity index (χ0n) is 21.3. The number of nitrogens with one attached hydrogen (secondary N) is 1. The number of carbonyl (C=O) groups excluding carboxylic acids is 1. The SMILES string of the molecule is CC.CCCc1c([B]OC(C)(C)C(C)(C)S)cccc1NC(=O)c1cn(C)c(=O)n(C)c1=O. The van der Waals surface area contributed by atoms with Crippen molar-refractivity contribution >= 4 is 37.2 Å². The van der Waals surface area contributed by atoms with E-state index in [9.17, 15) is 14.4 Å². The molecule has 9 heteroatoms. The second-order valence-corrected chi connectivity index (χ2v) is 9.80. The molecule has 2 rings (SSSR count). The first-order chi connectivity index (χ1) is 15.3. The first-order valence-corrected chi connectivity index (χ1v) is 11.7. The molecule has 1 aromatic carbocycles.